The summed E-state index contributed by atoms with van der Waals surface area (Å²) in [6, 6.07) is 8.22. The monoisotopic (exact) mass is 390 g/mol. The maximum atomic E-state index is 14.2. The van der Waals surface area contributed by atoms with E-state index in [0.29, 0.717) is 0 Å². The molecule has 2 nitrogen and oxygen atoms in total. The Hall–Kier alpha value is -2.27. The average molecular weight is 390 g/mol. The lowest BCUT2D eigenvalue weighted by atomic mass is 9.82. The molecule has 1 aliphatic rings. The quantitative estimate of drug-likeness (QED) is 0.523. The highest BCUT2D eigenvalue weighted by Crippen LogP contribution is 2.36. The minimum absolute atomic E-state index is 0.0000548. The van der Waals surface area contributed by atoms with Crippen LogP contribution < -0.4 is 4.74 Å². The SMILES string of the molecule is C=CCOc1ccc(C2CCC(OCc3ccc(C)c(F)c3F)CC2)cc1F. The van der Waals surface area contributed by atoms with E-state index < -0.39 is 11.6 Å². The van der Waals surface area contributed by atoms with Gasteiger partial charge in [-0.1, -0.05) is 30.9 Å². The van der Waals surface area contributed by atoms with Crippen molar-refractivity contribution in [2.24, 2.45) is 0 Å². The van der Waals surface area contributed by atoms with Gasteiger partial charge in [0, 0.05) is 5.56 Å². The highest BCUT2D eigenvalue weighted by molar-refractivity contribution is 5.32. The number of ether oxygens (including phenoxy) is 2. The second-order valence-electron chi connectivity index (χ2n) is 7.24. The first-order valence-electron chi connectivity index (χ1n) is 9.57. The van der Waals surface area contributed by atoms with E-state index in [4.69, 9.17) is 9.47 Å². The van der Waals surface area contributed by atoms with Gasteiger partial charge in [0.1, 0.15) is 6.61 Å². The Morgan fingerprint density at radius 2 is 1.79 bits per heavy atom. The Kier molecular flexibility index (Phi) is 6.79. The smallest absolute Gasteiger partial charge is 0.165 e. The molecule has 3 rings (SSSR count). The van der Waals surface area contributed by atoms with E-state index >= 15 is 0 Å². The van der Waals surface area contributed by atoms with Gasteiger partial charge in [-0.25, -0.2) is 13.2 Å². The normalized spacial score (nSPS) is 19.4. The molecule has 1 aliphatic carbocycles. The first-order valence-corrected chi connectivity index (χ1v) is 9.57. The molecule has 28 heavy (non-hydrogen) atoms. The van der Waals surface area contributed by atoms with Crippen LogP contribution in [-0.2, 0) is 11.3 Å². The number of halogens is 3. The Morgan fingerprint density at radius 3 is 2.46 bits per heavy atom. The lowest BCUT2D eigenvalue weighted by molar-refractivity contribution is 0.0118. The highest BCUT2D eigenvalue weighted by Gasteiger charge is 2.24. The zero-order valence-electron chi connectivity index (χ0n) is 16.0. The maximum absolute atomic E-state index is 14.2. The summed E-state index contributed by atoms with van der Waals surface area (Å²) in [7, 11) is 0. The first-order chi connectivity index (χ1) is 13.5. The van der Waals surface area contributed by atoms with Gasteiger partial charge in [0.15, 0.2) is 23.2 Å². The third-order valence-electron chi connectivity index (χ3n) is 5.29. The number of benzene rings is 2. The fourth-order valence-corrected chi connectivity index (χ4v) is 3.60. The van der Waals surface area contributed by atoms with Gasteiger partial charge in [0.05, 0.1) is 12.7 Å². The van der Waals surface area contributed by atoms with Crippen LogP contribution in [0, 0.1) is 24.4 Å². The van der Waals surface area contributed by atoms with Crippen LogP contribution in [0.15, 0.2) is 43.0 Å². The predicted octanol–water partition coefficient (Wildman–Crippen LogP) is 6.22. The molecule has 0 amide bonds. The number of rotatable bonds is 7. The van der Waals surface area contributed by atoms with Crippen molar-refractivity contribution in [2.45, 2.75) is 51.2 Å². The topological polar surface area (TPSA) is 18.5 Å². The van der Waals surface area contributed by atoms with E-state index in [9.17, 15) is 13.2 Å². The summed E-state index contributed by atoms with van der Waals surface area (Å²) in [4.78, 5) is 0. The molecule has 1 saturated carbocycles. The van der Waals surface area contributed by atoms with Crippen LogP contribution in [0.5, 0.6) is 5.75 Å². The van der Waals surface area contributed by atoms with Crippen molar-refractivity contribution in [3.63, 3.8) is 0 Å². The third kappa shape index (κ3) is 4.76. The van der Waals surface area contributed by atoms with E-state index in [2.05, 4.69) is 6.58 Å². The molecule has 0 spiro atoms. The molecular weight excluding hydrogens is 365 g/mol. The molecule has 0 heterocycles. The molecule has 0 aromatic heterocycles. The van der Waals surface area contributed by atoms with E-state index in [1.165, 1.54) is 13.0 Å². The van der Waals surface area contributed by atoms with Crippen LogP contribution in [0.1, 0.15) is 48.3 Å². The molecule has 2 aromatic carbocycles. The molecule has 0 unspecified atom stereocenters. The largest absolute Gasteiger partial charge is 0.486 e. The lowest BCUT2D eigenvalue weighted by Gasteiger charge is -2.29. The van der Waals surface area contributed by atoms with Crippen molar-refractivity contribution in [2.75, 3.05) is 6.61 Å². The van der Waals surface area contributed by atoms with Crippen molar-refractivity contribution in [1.29, 1.82) is 0 Å². The van der Waals surface area contributed by atoms with E-state index in [-0.39, 0.29) is 47.9 Å². The van der Waals surface area contributed by atoms with Gasteiger partial charge in [0.25, 0.3) is 0 Å². The number of hydrogen-bond acceptors (Lipinski definition) is 2. The Labute approximate surface area is 164 Å². The lowest BCUT2D eigenvalue weighted by Crippen LogP contribution is -2.21. The van der Waals surface area contributed by atoms with E-state index in [1.54, 1.807) is 24.3 Å². The standard InChI is InChI=1S/C23H25F3O2/c1-3-12-27-21-11-8-17(13-20(21)24)16-6-9-19(10-7-16)28-14-18-5-4-15(2)22(25)23(18)26/h3-5,8,11,13,16,19H,1,6-7,9-10,12,14H2,2H3. The molecule has 2 aromatic rings. The van der Waals surface area contributed by atoms with Gasteiger partial charge in [0.2, 0.25) is 0 Å². The molecule has 5 heteroatoms. The van der Waals surface area contributed by atoms with E-state index in [1.807, 2.05) is 6.07 Å². The number of aryl methyl sites for hydroxylation is 1. The zero-order chi connectivity index (χ0) is 20.1. The fraction of sp³-hybridized carbons (Fsp3) is 0.391. The van der Waals surface area contributed by atoms with Gasteiger partial charge in [-0.2, -0.15) is 0 Å². The molecule has 0 bridgehead atoms. The molecule has 0 radical (unpaired) electrons. The molecule has 0 aliphatic heterocycles. The molecule has 1 fully saturated rings. The second kappa shape index (κ2) is 9.28. The summed E-state index contributed by atoms with van der Waals surface area (Å²) >= 11 is 0. The van der Waals surface area contributed by atoms with Crippen molar-refractivity contribution in [3.05, 3.63) is 77.1 Å². The molecular formula is C23H25F3O2. The van der Waals surface area contributed by atoms with Crippen molar-refractivity contribution >= 4 is 0 Å². The number of hydrogen-bond donors (Lipinski definition) is 0. The Balaban J connectivity index is 1.53. The highest BCUT2D eigenvalue weighted by atomic mass is 19.2. The van der Waals surface area contributed by atoms with Gasteiger partial charge in [-0.15, -0.1) is 0 Å². The summed E-state index contributed by atoms with van der Waals surface area (Å²) in [5.41, 5.74) is 1.48. The van der Waals surface area contributed by atoms with Crippen molar-refractivity contribution < 1.29 is 22.6 Å². The molecule has 0 N–H and O–H groups in total. The van der Waals surface area contributed by atoms with Crippen LogP contribution in [0.3, 0.4) is 0 Å². The van der Waals surface area contributed by atoms with Gasteiger partial charge >= 0.3 is 0 Å². The van der Waals surface area contributed by atoms with Gasteiger partial charge in [-0.05, 0) is 61.8 Å². The minimum atomic E-state index is -0.831. The Bertz CT molecular complexity index is 827. The zero-order valence-corrected chi connectivity index (χ0v) is 16.0. The summed E-state index contributed by atoms with van der Waals surface area (Å²) in [6.07, 6.45) is 4.91. The van der Waals surface area contributed by atoms with Crippen molar-refractivity contribution in [3.8, 4) is 5.75 Å². The third-order valence-corrected chi connectivity index (χ3v) is 5.29. The van der Waals surface area contributed by atoms with Crippen LogP contribution in [0.25, 0.3) is 0 Å². The Morgan fingerprint density at radius 1 is 1.04 bits per heavy atom. The molecule has 0 saturated heterocycles. The summed E-state index contributed by atoms with van der Waals surface area (Å²) in [5, 5.41) is 0. The predicted molar refractivity (Wildman–Crippen MR) is 103 cm³/mol. The van der Waals surface area contributed by atoms with Crippen LogP contribution in [0.2, 0.25) is 0 Å². The second-order valence-corrected chi connectivity index (χ2v) is 7.24. The average Bonchev–Trinajstić information content (AvgIpc) is 2.71. The van der Waals surface area contributed by atoms with Crippen LogP contribution in [0.4, 0.5) is 13.2 Å². The van der Waals surface area contributed by atoms with Gasteiger partial charge in [-0.3, -0.25) is 0 Å². The summed E-state index contributed by atoms with van der Waals surface area (Å²) in [5.74, 6) is -1.52. The van der Waals surface area contributed by atoms with Crippen molar-refractivity contribution in [1.82, 2.24) is 0 Å². The fourth-order valence-electron chi connectivity index (χ4n) is 3.60. The maximum Gasteiger partial charge on any atom is 0.165 e. The van der Waals surface area contributed by atoms with Gasteiger partial charge < -0.3 is 9.47 Å². The van der Waals surface area contributed by atoms with E-state index in [0.717, 1.165) is 31.2 Å². The molecule has 150 valence electrons. The van der Waals surface area contributed by atoms with Crippen LogP contribution in [-0.4, -0.2) is 12.7 Å². The summed E-state index contributed by atoms with van der Waals surface area (Å²) in [6.45, 7) is 5.41. The summed E-state index contributed by atoms with van der Waals surface area (Å²) < 4.78 is 52.8. The minimum Gasteiger partial charge on any atom is -0.486 e. The first kappa shape index (κ1) is 20.5. The van der Waals surface area contributed by atoms with Crippen LogP contribution >= 0.6 is 0 Å². The molecule has 0 atom stereocenters.